The van der Waals surface area contributed by atoms with E-state index in [4.69, 9.17) is 9.47 Å². The summed E-state index contributed by atoms with van der Waals surface area (Å²) >= 11 is 0. The van der Waals surface area contributed by atoms with Crippen molar-refractivity contribution in [2.24, 2.45) is 0 Å². The molecule has 0 aliphatic carbocycles. The van der Waals surface area contributed by atoms with Gasteiger partial charge in [0.25, 0.3) is 5.91 Å². The van der Waals surface area contributed by atoms with Crippen LogP contribution in [0.5, 0.6) is 11.5 Å². The third kappa shape index (κ3) is 5.31. The number of anilines is 1. The van der Waals surface area contributed by atoms with Crippen LogP contribution in [0, 0.1) is 6.92 Å². The number of carbonyl (C=O) groups excluding carboxylic acids is 1. The number of benzene rings is 2. The van der Waals surface area contributed by atoms with Crippen LogP contribution in [0.1, 0.15) is 40.2 Å². The summed E-state index contributed by atoms with van der Waals surface area (Å²) in [6.07, 6.45) is 2.17. The maximum Gasteiger partial charge on any atom is 0.251 e. The summed E-state index contributed by atoms with van der Waals surface area (Å²) in [5.41, 5.74) is 4.94. The first-order valence-electron chi connectivity index (χ1n) is 11.8. The van der Waals surface area contributed by atoms with E-state index in [-0.39, 0.29) is 12.7 Å². The summed E-state index contributed by atoms with van der Waals surface area (Å²) < 4.78 is 10.7. The number of hydrogen-bond acceptors (Lipinski definition) is 6. The lowest BCUT2D eigenvalue weighted by Gasteiger charge is -2.34. The molecule has 1 amide bonds. The molecule has 0 spiro atoms. The van der Waals surface area contributed by atoms with Crippen molar-refractivity contribution >= 4 is 11.6 Å². The highest BCUT2D eigenvalue weighted by molar-refractivity contribution is 5.94. The number of nitrogens with one attached hydrogen (secondary N) is 2. The molecule has 0 atom stereocenters. The Morgan fingerprint density at radius 1 is 1.00 bits per heavy atom. The highest BCUT2D eigenvalue weighted by atomic mass is 16.7. The van der Waals surface area contributed by atoms with E-state index >= 15 is 0 Å². The van der Waals surface area contributed by atoms with E-state index in [9.17, 15) is 4.79 Å². The van der Waals surface area contributed by atoms with E-state index in [2.05, 4.69) is 32.7 Å². The molecule has 3 aromatic rings. The van der Waals surface area contributed by atoms with Gasteiger partial charge >= 0.3 is 0 Å². The molecule has 176 valence electrons. The van der Waals surface area contributed by atoms with E-state index in [0.717, 1.165) is 66.6 Å². The van der Waals surface area contributed by atoms with E-state index in [1.165, 1.54) is 0 Å². The van der Waals surface area contributed by atoms with Gasteiger partial charge in [0.1, 0.15) is 0 Å². The lowest BCUT2D eigenvalue weighted by atomic mass is 10.0. The smallest absolute Gasteiger partial charge is 0.251 e. The monoisotopic (exact) mass is 458 g/mol. The zero-order valence-electron chi connectivity index (χ0n) is 19.4. The third-order valence-electron chi connectivity index (χ3n) is 6.40. The topological polar surface area (TPSA) is 75.7 Å². The summed E-state index contributed by atoms with van der Waals surface area (Å²) in [6, 6.07) is 20.3. The molecule has 2 aromatic carbocycles. The molecule has 0 bridgehead atoms. The Balaban J connectivity index is 1.08. The number of rotatable bonds is 7. The SMILES string of the molecule is Cc1cccc(CNC2CCN(c3ccc(C(=O)NCc4ccc5c(c4)OCO5)cc3)CC2)n1. The Hall–Kier alpha value is -3.58. The van der Waals surface area contributed by atoms with Gasteiger partial charge in [-0.25, -0.2) is 0 Å². The average Bonchev–Trinajstić information content (AvgIpc) is 3.35. The summed E-state index contributed by atoms with van der Waals surface area (Å²) in [5, 5.41) is 6.63. The van der Waals surface area contributed by atoms with Crippen molar-refractivity contribution in [3.63, 3.8) is 0 Å². The van der Waals surface area contributed by atoms with Crippen molar-refractivity contribution in [1.29, 1.82) is 0 Å². The van der Waals surface area contributed by atoms with Crippen molar-refractivity contribution in [2.75, 3.05) is 24.8 Å². The zero-order chi connectivity index (χ0) is 23.3. The van der Waals surface area contributed by atoms with Crippen LogP contribution < -0.4 is 25.0 Å². The fraction of sp³-hybridized carbons (Fsp3) is 0.333. The second kappa shape index (κ2) is 10.1. The Bertz CT molecular complexity index is 1140. The fourth-order valence-corrected chi connectivity index (χ4v) is 4.45. The van der Waals surface area contributed by atoms with Crippen molar-refractivity contribution < 1.29 is 14.3 Å². The van der Waals surface area contributed by atoms with Gasteiger partial charge in [0.2, 0.25) is 6.79 Å². The van der Waals surface area contributed by atoms with E-state index in [1.54, 1.807) is 0 Å². The molecule has 1 aromatic heterocycles. The van der Waals surface area contributed by atoms with Crippen LogP contribution in [0.2, 0.25) is 0 Å². The second-order valence-corrected chi connectivity index (χ2v) is 8.83. The third-order valence-corrected chi connectivity index (χ3v) is 6.40. The van der Waals surface area contributed by atoms with Crippen LogP contribution in [0.15, 0.2) is 60.7 Å². The van der Waals surface area contributed by atoms with Gasteiger partial charge in [0, 0.05) is 49.2 Å². The molecule has 2 N–H and O–H groups in total. The summed E-state index contributed by atoms with van der Waals surface area (Å²) in [5.74, 6) is 1.38. The number of amides is 1. The lowest BCUT2D eigenvalue weighted by Crippen LogP contribution is -2.42. The molecule has 3 heterocycles. The molecule has 0 saturated carbocycles. The van der Waals surface area contributed by atoms with Gasteiger partial charge < -0.3 is 25.0 Å². The number of pyridine rings is 1. The number of hydrogen-bond donors (Lipinski definition) is 2. The predicted octanol–water partition coefficient (Wildman–Crippen LogP) is 3.81. The van der Waals surface area contributed by atoms with Crippen molar-refractivity contribution in [3.8, 4) is 11.5 Å². The highest BCUT2D eigenvalue weighted by Gasteiger charge is 2.19. The van der Waals surface area contributed by atoms with E-state index in [0.29, 0.717) is 18.2 Å². The predicted molar refractivity (Wildman–Crippen MR) is 131 cm³/mol. The quantitative estimate of drug-likeness (QED) is 0.561. The van der Waals surface area contributed by atoms with E-state index < -0.39 is 0 Å². The largest absolute Gasteiger partial charge is 0.454 e. The van der Waals surface area contributed by atoms with Crippen molar-refractivity contribution in [2.45, 2.75) is 38.9 Å². The molecule has 7 nitrogen and oxygen atoms in total. The molecule has 2 aliphatic rings. The first-order chi connectivity index (χ1) is 16.6. The molecule has 1 fully saturated rings. The van der Waals surface area contributed by atoms with Gasteiger partial charge in [-0.3, -0.25) is 9.78 Å². The number of carbonyl (C=O) groups is 1. The Kier molecular flexibility index (Phi) is 6.62. The van der Waals surface area contributed by atoms with Crippen LogP contribution in [0.4, 0.5) is 5.69 Å². The van der Waals surface area contributed by atoms with Gasteiger partial charge in [0.05, 0.1) is 5.69 Å². The molecule has 34 heavy (non-hydrogen) atoms. The molecule has 5 rings (SSSR count). The molecule has 0 unspecified atom stereocenters. The molecular weight excluding hydrogens is 428 g/mol. The van der Waals surface area contributed by atoms with Crippen LogP contribution in [0.25, 0.3) is 0 Å². The van der Waals surface area contributed by atoms with Gasteiger partial charge in [-0.05, 0) is 73.9 Å². The zero-order valence-corrected chi connectivity index (χ0v) is 19.4. The first-order valence-corrected chi connectivity index (χ1v) is 11.8. The van der Waals surface area contributed by atoms with Crippen LogP contribution >= 0.6 is 0 Å². The molecule has 7 heteroatoms. The first kappa shape index (κ1) is 22.2. The summed E-state index contributed by atoms with van der Waals surface area (Å²) in [6.45, 7) is 5.51. The minimum atomic E-state index is -0.0862. The van der Waals surface area contributed by atoms with Crippen molar-refractivity contribution in [3.05, 3.63) is 83.2 Å². The molecular formula is C27H30N4O3. The van der Waals surface area contributed by atoms with Crippen molar-refractivity contribution in [1.82, 2.24) is 15.6 Å². The number of piperidine rings is 1. The van der Waals surface area contributed by atoms with Gasteiger partial charge in [-0.2, -0.15) is 0 Å². The number of fused-ring (bicyclic) bond motifs is 1. The van der Waals surface area contributed by atoms with Crippen LogP contribution in [-0.4, -0.2) is 36.8 Å². The maximum absolute atomic E-state index is 12.6. The Labute approximate surface area is 200 Å². The summed E-state index contributed by atoms with van der Waals surface area (Å²) in [4.78, 5) is 19.6. The average molecular weight is 459 g/mol. The van der Waals surface area contributed by atoms with Gasteiger partial charge in [-0.1, -0.05) is 12.1 Å². The van der Waals surface area contributed by atoms with Crippen LogP contribution in [-0.2, 0) is 13.1 Å². The number of aryl methyl sites for hydroxylation is 1. The second-order valence-electron chi connectivity index (χ2n) is 8.83. The normalized spacial score (nSPS) is 15.4. The van der Waals surface area contributed by atoms with Gasteiger partial charge in [0.15, 0.2) is 11.5 Å². The maximum atomic E-state index is 12.6. The highest BCUT2D eigenvalue weighted by Crippen LogP contribution is 2.32. The van der Waals surface area contributed by atoms with Gasteiger partial charge in [-0.15, -0.1) is 0 Å². The lowest BCUT2D eigenvalue weighted by molar-refractivity contribution is 0.0951. The number of aromatic nitrogens is 1. The fourth-order valence-electron chi connectivity index (χ4n) is 4.45. The summed E-state index contributed by atoms with van der Waals surface area (Å²) in [7, 11) is 0. The van der Waals surface area contributed by atoms with Crippen LogP contribution in [0.3, 0.4) is 0 Å². The minimum absolute atomic E-state index is 0.0862. The molecule has 2 aliphatic heterocycles. The van der Waals surface area contributed by atoms with E-state index in [1.807, 2.05) is 55.5 Å². The Morgan fingerprint density at radius 3 is 2.59 bits per heavy atom. The Morgan fingerprint density at radius 2 is 1.79 bits per heavy atom. The number of nitrogens with zero attached hydrogens (tertiary/aromatic N) is 2. The number of ether oxygens (including phenoxy) is 2. The molecule has 0 radical (unpaired) electrons. The minimum Gasteiger partial charge on any atom is -0.454 e. The standard InChI is InChI=1S/C27H30N4O3/c1-19-3-2-4-23(30-19)17-28-22-11-13-31(14-12-22)24-8-6-21(7-9-24)27(32)29-16-20-5-10-25-26(15-20)34-18-33-25/h2-10,15,22,28H,11-14,16-18H2,1H3,(H,29,32). The molecule has 1 saturated heterocycles.